The number of aromatic amines is 1. The Morgan fingerprint density at radius 2 is 1.94 bits per heavy atom. The number of rotatable bonds is 10. The topological polar surface area (TPSA) is 144 Å². The van der Waals surface area contributed by atoms with Gasteiger partial charge in [0.15, 0.2) is 11.0 Å². The van der Waals surface area contributed by atoms with Crippen molar-refractivity contribution in [3.8, 4) is 5.75 Å². The summed E-state index contributed by atoms with van der Waals surface area (Å²) in [6.45, 7) is 3.29. The number of hydrogen-bond donors (Lipinski definition) is 4. The maximum absolute atomic E-state index is 13.8. The molecule has 0 amide bonds. The first-order chi connectivity index (χ1) is 17.6. The summed E-state index contributed by atoms with van der Waals surface area (Å²) in [6, 6.07) is 6.53. The Hall–Kier alpha value is -1.96. The van der Waals surface area contributed by atoms with Crippen molar-refractivity contribution in [2.45, 2.75) is 64.4 Å². The highest BCUT2D eigenvalue weighted by Gasteiger charge is 2.45. The number of aliphatic hydroxyl groups excluding tert-OH is 2. The summed E-state index contributed by atoms with van der Waals surface area (Å²) in [5, 5.41) is 23.8. The number of carbonyl (C=O) groups excluding carboxylic acids is 1. The van der Waals surface area contributed by atoms with Crippen LogP contribution in [0.5, 0.6) is 5.75 Å². The summed E-state index contributed by atoms with van der Waals surface area (Å²) in [5.41, 5.74) is 0.592. The number of para-hydroxylation sites is 1. The number of benzene rings is 1. The van der Waals surface area contributed by atoms with E-state index in [0.717, 1.165) is 0 Å². The van der Waals surface area contributed by atoms with Gasteiger partial charge in [0.1, 0.15) is 34.7 Å². The third-order valence-electron chi connectivity index (χ3n) is 4.97. The van der Waals surface area contributed by atoms with Gasteiger partial charge >= 0.3 is 13.7 Å². The summed E-state index contributed by atoms with van der Waals surface area (Å²) in [6.07, 6.45) is -5.61. The lowest BCUT2D eigenvalue weighted by Gasteiger charge is -2.25. The molecule has 1 aromatic heterocycles. The molecule has 1 aromatic carbocycles. The average molecular weight is 562 g/mol. The predicted molar refractivity (Wildman–Crippen MR) is 136 cm³/mol. The van der Waals surface area contributed by atoms with E-state index in [1.165, 1.54) is 29.8 Å². The molecule has 0 aliphatic carbocycles. The quantitative estimate of drug-likeness (QED) is 0.193. The van der Waals surface area contributed by atoms with Crippen LogP contribution in [0.3, 0.4) is 0 Å². The molecule has 0 saturated carbocycles. The molecule has 6 atom stereocenters. The standard InChI is InChI=1S/C22H30N3O8PS2/c1-12(2)31-21(28)14(4)24-34(29,33-15-8-6-5-7-9-15)30-11-16-17(26)18(27)20(32-16)25-10-13(3)19(35)23-22(25)36/h5-10,12,14,16-18,20,26-27H,11H2,1-4H3,(H,24,29)(H,23,35,36)/t14-,16-,17?,18+,20-,34+/m0/s1/i11D2. The second-order valence-corrected chi connectivity index (χ2v) is 10.8. The highest BCUT2D eigenvalue weighted by Crippen LogP contribution is 2.46. The maximum atomic E-state index is 13.8. The molecule has 1 aliphatic rings. The number of aryl methyl sites for hydroxylation is 1. The summed E-state index contributed by atoms with van der Waals surface area (Å²) in [5.74, 6) is -0.726. The minimum Gasteiger partial charge on any atom is -0.462 e. The van der Waals surface area contributed by atoms with Crippen molar-refractivity contribution in [3.63, 3.8) is 0 Å². The van der Waals surface area contributed by atoms with Crippen molar-refractivity contribution in [1.82, 2.24) is 14.6 Å². The van der Waals surface area contributed by atoms with Crippen molar-refractivity contribution >= 4 is 38.2 Å². The molecule has 14 heteroatoms. The van der Waals surface area contributed by atoms with E-state index in [9.17, 15) is 19.6 Å². The maximum Gasteiger partial charge on any atom is 0.459 e. The molecule has 0 bridgehead atoms. The van der Waals surface area contributed by atoms with Gasteiger partial charge in [0, 0.05) is 11.8 Å². The fraction of sp³-hybridized carbons (Fsp3) is 0.500. The van der Waals surface area contributed by atoms with Crippen molar-refractivity contribution < 1.29 is 40.8 Å². The molecule has 1 unspecified atom stereocenters. The normalized spacial score (nSPS) is 25.5. The van der Waals surface area contributed by atoms with Gasteiger partial charge < -0.3 is 29.2 Å². The van der Waals surface area contributed by atoms with Crippen LogP contribution in [0.25, 0.3) is 0 Å². The molecule has 3 rings (SSSR count). The summed E-state index contributed by atoms with van der Waals surface area (Å²) < 4.78 is 54.1. The van der Waals surface area contributed by atoms with Crippen LogP contribution in [0.15, 0.2) is 36.5 Å². The van der Waals surface area contributed by atoms with Crippen LogP contribution in [-0.4, -0.2) is 62.8 Å². The number of nitrogens with zero attached hydrogens (tertiary/aromatic N) is 1. The molecule has 1 aliphatic heterocycles. The Labute approximate surface area is 221 Å². The van der Waals surface area contributed by atoms with Gasteiger partial charge in [-0.05, 0) is 52.0 Å². The fourth-order valence-corrected chi connectivity index (χ4v) is 5.04. The molecule has 36 heavy (non-hydrogen) atoms. The van der Waals surface area contributed by atoms with Gasteiger partial charge in [0.25, 0.3) is 0 Å². The molecule has 0 radical (unpaired) electrons. The number of aromatic nitrogens is 2. The van der Waals surface area contributed by atoms with Gasteiger partial charge in [-0.1, -0.05) is 30.4 Å². The molecule has 1 saturated heterocycles. The summed E-state index contributed by atoms with van der Waals surface area (Å²) in [4.78, 5) is 15.1. The molecule has 2 heterocycles. The molecule has 0 spiro atoms. The number of nitrogens with one attached hydrogen (secondary N) is 2. The van der Waals surface area contributed by atoms with Crippen molar-refractivity contribution in [2.75, 3.05) is 6.56 Å². The van der Waals surface area contributed by atoms with Crippen LogP contribution < -0.4 is 9.61 Å². The van der Waals surface area contributed by atoms with E-state index in [2.05, 4.69) is 10.1 Å². The molecular weight excluding hydrogens is 529 g/mol. The number of carbonyl (C=O) groups is 1. The zero-order valence-corrected chi connectivity index (χ0v) is 22.5. The summed E-state index contributed by atoms with van der Waals surface area (Å²) in [7, 11) is -4.68. The number of aliphatic hydroxyl groups is 2. The smallest absolute Gasteiger partial charge is 0.459 e. The van der Waals surface area contributed by atoms with Gasteiger partial charge in [0.2, 0.25) is 0 Å². The SMILES string of the molecule is [2H]C([2H])(O[P@](=O)(N[C@@H](C)C(=O)OC(C)C)Oc1ccccc1)[C@@H]1O[C@H](n2cc(C)c(=S)[nH]c2=S)[C@H](O)C1O. The number of H-pyrrole nitrogens is 1. The Kier molecular flexibility index (Phi) is 8.60. The van der Waals surface area contributed by atoms with Crippen molar-refractivity contribution in [3.05, 3.63) is 51.5 Å². The van der Waals surface area contributed by atoms with Crippen molar-refractivity contribution in [1.29, 1.82) is 0 Å². The zero-order chi connectivity index (χ0) is 28.4. The van der Waals surface area contributed by atoms with Gasteiger partial charge in [-0.15, -0.1) is 0 Å². The van der Waals surface area contributed by atoms with E-state index in [1.54, 1.807) is 39.0 Å². The molecular formula is C22H30N3O8PS2. The van der Waals surface area contributed by atoms with Gasteiger partial charge in [-0.25, -0.2) is 4.57 Å². The Balaban J connectivity index is 1.90. The molecule has 1 fully saturated rings. The molecule has 11 nitrogen and oxygen atoms in total. The van der Waals surface area contributed by atoms with Crippen LogP contribution in [-0.2, 0) is 23.4 Å². The third-order valence-corrected chi connectivity index (χ3v) is 7.21. The Morgan fingerprint density at radius 1 is 1.28 bits per heavy atom. The van der Waals surface area contributed by atoms with Crippen LogP contribution in [0.1, 0.15) is 35.3 Å². The van der Waals surface area contributed by atoms with Crippen LogP contribution in [0, 0.1) is 16.3 Å². The monoisotopic (exact) mass is 561 g/mol. The Morgan fingerprint density at radius 3 is 2.58 bits per heavy atom. The van der Waals surface area contributed by atoms with E-state index in [0.29, 0.717) is 10.2 Å². The predicted octanol–water partition coefficient (Wildman–Crippen LogP) is 3.34. The number of hydrogen-bond acceptors (Lipinski definition) is 10. The highest BCUT2D eigenvalue weighted by molar-refractivity contribution is 7.72. The largest absolute Gasteiger partial charge is 0.462 e. The molecule has 198 valence electrons. The number of esters is 1. The van der Waals surface area contributed by atoms with Crippen LogP contribution in [0.2, 0.25) is 0 Å². The fourth-order valence-electron chi connectivity index (χ4n) is 3.20. The minimum atomic E-state index is -4.68. The number of ether oxygens (including phenoxy) is 2. The third kappa shape index (κ3) is 7.08. The average Bonchev–Trinajstić information content (AvgIpc) is 3.11. The molecule has 2 aromatic rings. The zero-order valence-electron chi connectivity index (χ0n) is 22.0. The first kappa shape index (κ1) is 25.7. The van der Waals surface area contributed by atoms with Crippen LogP contribution >= 0.6 is 32.2 Å². The second-order valence-electron chi connectivity index (χ2n) is 8.35. The lowest BCUT2D eigenvalue weighted by Crippen LogP contribution is -2.38. The van der Waals surface area contributed by atoms with E-state index in [4.69, 9.17) is 45.7 Å². The van der Waals surface area contributed by atoms with E-state index >= 15 is 0 Å². The van der Waals surface area contributed by atoms with Crippen molar-refractivity contribution in [2.24, 2.45) is 0 Å². The van der Waals surface area contributed by atoms with Gasteiger partial charge in [-0.3, -0.25) is 13.9 Å². The van der Waals surface area contributed by atoms with Gasteiger partial charge in [-0.2, -0.15) is 5.09 Å². The highest BCUT2D eigenvalue weighted by atomic mass is 32.1. The lowest BCUT2D eigenvalue weighted by molar-refractivity contribution is -0.149. The lowest BCUT2D eigenvalue weighted by atomic mass is 10.1. The first-order valence-electron chi connectivity index (χ1n) is 12.0. The van der Waals surface area contributed by atoms with Crippen LogP contribution in [0.4, 0.5) is 0 Å². The minimum absolute atomic E-state index is 0.0516. The Bertz CT molecular complexity index is 1310. The molecule has 4 N–H and O–H groups in total. The van der Waals surface area contributed by atoms with E-state index in [1.807, 2.05) is 0 Å². The van der Waals surface area contributed by atoms with E-state index < -0.39 is 57.0 Å². The second kappa shape index (κ2) is 12.1. The first-order valence-corrected chi connectivity index (χ1v) is 13.4. The van der Waals surface area contributed by atoms with Gasteiger partial charge in [0.05, 0.1) is 15.4 Å². The summed E-state index contributed by atoms with van der Waals surface area (Å²) >= 11 is 10.4. The van der Waals surface area contributed by atoms with E-state index in [-0.39, 0.29) is 10.5 Å².